The predicted octanol–water partition coefficient (Wildman–Crippen LogP) is 0.265. The Morgan fingerprint density at radius 2 is 1.67 bits per heavy atom. The van der Waals surface area contributed by atoms with E-state index in [0.29, 0.717) is 26.1 Å². The molecule has 0 radical (unpaired) electrons. The number of fused-ring (bicyclic) bond motifs is 1. The molecule has 0 aromatic rings. The van der Waals surface area contributed by atoms with Crippen molar-refractivity contribution < 1.29 is 19.4 Å². The van der Waals surface area contributed by atoms with Crippen LogP contribution < -0.4 is 0 Å². The Morgan fingerprint density at radius 3 is 2.08 bits per heavy atom. The van der Waals surface area contributed by atoms with Crippen molar-refractivity contribution in [3.05, 3.63) is 0 Å². The number of ether oxygens (including phenoxy) is 2. The Hall–Kier alpha value is -0.610. The van der Waals surface area contributed by atoms with Crippen molar-refractivity contribution in [3.63, 3.8) is 0 Å². The Kier molecular flexibility index (Phi) is 2.02. The van der Waals surface area contributed by atoms with Gasteiger partial charge >= 0.3 is 5.97 Å². The number of carboxylic acid groups (broad SMARTS) is 1. The number of carbonyl (C=O) groups is 1. The Balaban J connectivity index is 1.98. The second-order valence-corrected chi connectivity index (χ2v) is 3.33. The van der Waals surface area contributed by atoms with Crippen LogP contribution in [0.1, 0.15) is 12.8 Å². The van der Waals surface area contributed by atoms with E-state index in [-0.39, 0.29) is 18.1 Å². The van der Waals surface area contributed by atoms with E-state index in [9.17, 15) is 4.79 Å². The Bertz CT molecular complexity index is 177. The third-order valence-corrected chi connectivity index (χ3v) is 2.54. The SMILES string of the molecule is O=C(O)C1C[C@@H]2OCCO[C@H]2C1. The smallest absolute Gasteiger partial charge is 0.306 e. The zero-order valence-electron chi connectivity index (χ0n) is 6.73. The minimum Gasteiger partial charge on any atom is -0.481 e. The molecule has 0 aromatic carbocycles. The van der Waals surface area contributed by atoms with Crippen LogP contribution in [-0.2, 0) is 14.3 Å². The molecule has 0 unspecified atom stereocenters. The first-order valence-corrected chi connectivity index (χ1v) is 4.23. The van der Waals surface area contributed by atoms with Crippen LogP contribution in [0.5, 0.6) is 0 Å². The fourth-order valence-electron chi connectivity index (χ4n) is 1.91. The molecule has 1 N–H and O–H groups in total. The minimum atomic E-state index is -0.725. The van der Waals surface area contributed by atoms with Gasteiger partial charge in [-0.2, -0.15) is 0 Å². The second kappa shape index (κ2) is 3.03. The summed E-state index contributed by atoms with van der Waals surface area (Å²) in [4.78, 5) is 10.6. The van der Waals surface area contributed by atoms with Crippen LogP contribution in [0.3, 0.4) is 0 Å². The first kappa shape index (κ1) is 8.01. The highest BCUT2D eigenvalue weighted by Crippen LogP contribution is 2.32. The van der Waals surface area contributed by atoms with E-state index in [1.165, 1.54) is 0 Å². The summed E-state index contributed by atoms with van der Waals surface area (Å²) < 4.78 is 10.8. The quantitative estimate of drug-likeness (QED) is 0.616. The average molecular weight is 172 g/mol. The highest BCUT2D eigenvalue weighted by molar-refractivity contribution is 5.70. The summed E-state index contributed by atoms with van der Waals surface area (Å²) in [6.07, 6.45) is 1.28. The van der Waals surface area contributed by atoms with E-state index in [1.54, 1.807) is 0 Å². The lowest BCUT2D eigenvalue weighted by Gasteiger charge is -2.25. The van der Waals surface area contributed by atoms with Crippen LogP contribution in [0.15, 0.2) is 0 Å². The standard InChI is InChI=1S/C8H12O4/c9-8(10)5-3-6-7(4-5)12-2-1-11-6/h5-7H,1-4H2,(H,9,10)/t6-,7-/m0/s1. The van der Waals surface area contributed by atoms with Crippen LogP contribution >= 0.6 is 0 Å². The molecular weight excluding hydrogens is 160 g/mol. The molecule has 1 heterocycles. The maximum Gasteiger partial charge on any atom is 0.306 e. The summed E-state index contributed by atoms with van der Waals surface area (Å²) in [5.41, 5.74) is 0. The normalized spacial score (nSPS) is 36.3. The number of hydrogen-bond donors (Lipinski definition) is 1. The van der Waals surface area contributed by atoms with Gasteiger partial charge in [-0.1, -0.05) is 0 Å². The van der Waals surface area contributed by atoms with Gasteiger partial charge < -0.3 is 14.6 Å². The molecule has 2 fully saturated rings. The maximum absolute atomic E-state index is 10.6. The molecule has 68 valence electrons. The molecule has 0 bridgehead atoms. The Morgan fingerprint density at radius 1 is 1.17 bits per heavy atom. The molecule has 2 atom stereocenters. The van der Waals surface area contributed by atoms with Gasteiger partial charge in [-0.3, -0.25) is 4.79 Å². The topological polar surface area (TPSA) is 55.8 Å². The summed E-state index contributed by atoms with van der Waals surface area (Å²) in [6.45, 7) is 1.21. The first-order chi connectivity index (χ1) is 5.77. The summed E-state index contributed by atoms with van der Waals surface area (Å²) in [5.74, 6) is -0.991. The fourth-order valence-corrected chi connectivity index (χ4v) is 1.91. The zero-order valence-corrected chi connectivity index (χ0v) is 6.73. The van der Waals surface area contributed by atoms with E-state index in [0.717, 1.165) is 0 Å². The third kappa shape index (κ3) is 1.32. The average Bonchev–Trinajstić information content (AvgIpc) is 2.46. The fraction of sp³-hybridized carbons (Fsp3) is 0.875. The molecule has 12 heavy (non-hydrogen) atoms. The van der Waals surface area contributed by atoms with Crippen LogP contribution in [0.4, 0.5) is 0 Å². The number of aliphatic carboxylic acids is 1. The zero-order chi connectivity index (χ0) is 8.55. The van der Waals surface area contributed by atoms with Crippen LogP contribution in [0, 0.1) is 5.92 Å². The molecule has 1 aliphatic carbocycles. The van der Waals surface area contributed by atoms with Crippen molar-refractivity contribution in [1.82, 2.24) is 0 Å². The van der Waals surface area contributed by atoms with E-state index in [4.69, 9.17) is 14.6 Å². The summed E-state index contributed by atoms with van der Waals surface area (Å²) in [5, 5.41) is 8.75. The van der Waals surface area contributed by atoms with Gasteiger partial charge in [-0.05, 0) is 12.8 Å². The van der Waals surface area contributed by atoms with Crippen LogP contribution in [0.2, 0.25) is 0 Å². The molecule has 0 amide bonds. The van der Waals surface area contributed by atoms with Crippen molar-refractivity contribution in [1.29, 1.82) is 0 Å². The van der Waals surface area contributed by atoms with Crippen molar-refractivity contribution in [2.75, 3.05) is 13.2 Å². The summed E-state index contributed by atoms with van der Waals surface area (Å²) in [7, 11) is 0. The molecule has 2 aliphatic rings. The third-order valence-electron chi connectivity index (χ3n) is 2.54. The highest BCUT2D eigenvalue weighted by atomic mass is 16.6. The van der Waals surface area contributed by atoms with Crippen molar-refractivity contribution in [2.24, 2.45) is 5.92 Å². The lowest BCUT2D eigenvalue weighted by molar-refractivity contribution is -0.141. The van der Waals surface area contributed by atoms with E-state index >= 15 is 0 Å². The van der Waals surface area contributed by atoms with Crippen LogP contribution in [-0.4, -0.2) is 36.5 Å². The molecule has 4 heteroatoms. The van der Waals surface area contributed by atoms with Crippen molar-refractivity contribution in [3.8, 4) is 0 Å². The molecule has 1 aliphatic heterocycles. The highest BCUT2D eigenvalue weighted by Gasteiger charge is 2.40. The number of hydrogen-bond acceptors (Lipinski definition) is 3. The largest absolute Gasteiger partial charge is 0.481 e. The number of carboxylic acids is 1. The molecule has 0 spiro atoms. The van der Waals surface area contributed by atoms with Gasteiger partial charge in [0.05, 0.1) is 31.3 Å². The van der Waals surface area contributed by atoms with Gasteiger partial charge in [0, 0.05) is 0 Å². The summed E-state index contributed by atoms with van der Waals surface area (Å²) >= 11 is 0. The lowest BCUT2D eigenvalue weighted by Crippen LogP contribution is -2.33. The lowest BCUT2D eigenvalue weighted by atomic mass is 10.1. The molecule has 1 saturated carbocycles. The van der Waals surface area contributed by atoms with E-state index in [2.05, 4.69) is 0 Å². The van der Waals surface area contributed by atoms with Gasteiger partial charge in [0.15, 0.2) is 0 Å². The van der Waals surface area contributed by atoms with E-state index in [1.807, 2.05) is 0 Å². The van der Waals surface area contributed by atoms with Gasteiger partial charge in [0.2, 0.25) is 0 Å². The molecule has 2 rings (SSSR count). The van der Waals surface area contributed by atoms with Crippen LogP contribution in [0.25, 0.3) is 0 Å². The Labute approximate surface area is 70.5 Å². The number of rotatable bonds is 1. The predicted molar refractivity (Wildman–Crippen MR) is 39.8 cm³/mol. The first-order valence-electron chi connectivity index (χ1n) is 4.23. The second-order valence-electron chi connectivity index (χ2n) is 3.33. The van der Waals surface area contributed by atoms with E-state index < -0.39 is 5.97 Å². The summed E-state index contributed by atoms with van der Waals surface area (Å²) in [6, 6.07) is 0. The molecular formula is C8H12O4. The molecule has 4 nitrogen and oxygen atoms in total. The van der Waals surface area contributed by atoms with Gasteiger partial charge in [0.1, 0.15) is 0 Å². The monoisotopic (exact) mass is 172 g/mol. The molecule has 0 aromatic heterocycles. The van der Waals surface area contributed by atoms with Gasteiger partial charge in [-0.25, -0.2) is 0 Å². The maximum atomic E-state index is 10.6. The van der Waals surface area contributed by atoms with Crippen molar-refractivity contribution in [2.45, 2.75) is 25.0 Å². The molecule has 1 saturated heterocycles. The van der Waals surface area contributed by atoms with Gasteiger partial charge in [0.25, 0.3) is 0 Å². The van der Waals surface area contributed by atoms with Gasteiger partial charge in [-0.15, -0.1) is 0 Å². The van der Waals surface area contributed by atoms with Crippen molar-refractivity contribution >= 4 is 5.97 Å². The minimum absolute atomic E-state index is 0.0276.